The summed E-state index contributed by atoms with van der Waals surface area (Å²) in [6.07, 6.45) is 0. The molecule has 0 radical (unpaired) electrons. The Bertz CT molecular complexity index is 957. The molecule has 0 unspecified atom stereocenters. The van der Waals surface area contributed by atoms with Gasteiger partial charge in [-0.05, 0) is 30.3 Å². The highest BCUT2D eigenvalue weighted by atomic mass is 35.7. The number of hydrogen-bond donors (Lipinski definition) is 0. The number of para-hydroxylation sites is 1. The van der Waals surface area contributed by atoms with Crippen LogP contribution in [0.1, 0.15) is 0 Å². The predicted octanol–water partition coefficient (Wildman–Crippen LogP) is 2.87. The molecule has 3 rings (SSSR count). The second kappa shape index (κ2) is 4.08. The van der Waals surface area contributed by atoms with Crippen LogP contribution in [0.4, 0.5) is 0 Å². The number of benzene rings is 2. The summed E-state index contributed by atoms with van der Waals surface area (Å²) in [6, 6.07) is 10.8. The first kappa shape index (κ1) is 12.2. The Hall–Kier alpha value is -1.85. The molecule has 0 aliphatic carbocycles. The summed E-state index contributed by atoms with van der Waals surface area (Å²) < 4.78 is 28.1. The van der Waals surface area contributed by atoms with Gasteiger partial charge in [0.15, 0.2) is 0 Å². The molecule has 0 saturated heterocycles. The summed E-state index contributed by atoms with van der Waals surface area (Å²) in [7, 11) is 1.40. The van der Waals surface area contributed by atoms with Gasteiger partial charge in [0.05, 0.1) is 15.7 Å². The van der Waals surface area contributed by atoms with Crippen molar-refractivity contribution in [1.29, 1.82) is 0 Å². The second-order valence-corrected chi connectivity index (χ2v) is 6.59. The van der Waals surface area contributed by atoms with Gasteiger partial charge in [0.2, 0.25) is 5.43 Å². The molecule has 4 nitrogen and oxygen atoms in total. The molecule has 0 atom stereocenters. The van der Waals surface area contributed by atoms with Crippen LogP contribution in [0.25, 0.3) is 21.9 Å². The number of halogens is 1. The number of hydrogen-bond acceptors (Lipinski definition) is 4. The van der Waals surface area contributed by atoms with Crippen LogP contribution in [-0.4, -0.2) is 8.42 Å². The molecule has 0 N–H and O–H groups in total. The molecule has 96 valence electrons. The molecular weight excluding hydrogens is 288 g/mol. The first-order valence-electron chi connectivity index (χ1n) is 5.37. The van der Waals surface area contributed by atoms with Gasteiger partial charge >= 0.3 is 0 Å². The van der Waals surface area contributed by atoms with Crippen molar-refractivity contribution in [3.63, 3.8) is 0 Å². The molecule has 6 heteroatoms. The van der Waals surface area contributed by atoms with E-state index in [4.69, 9.17) is 15.1 Å². The van der Waals surface area contributed by atoms with E-state index < -0.39 is 9.05 Å². The van der Waals surface area contributed by atoms with E-state index >= 15 is 0 Å². The lowest BCUT2D eigenvalue weighted by atomic mass is 10.1. The zero-order valence-corrected chi connectivity index (χ0v) is 11.0. The van der Waals surface area contributed by atoms with Gasteiger partial charge in [-0.1, -0.05) is 12.1 Å². The fourth-order valence-corrected chi connectivity index (χ4v) is 2.71. The summed E-state index contributed by atoms with van der Waals surface area (Å²) in [6.45, 7) is 0. The minimum absolute atomic E-state index is 0.121. The highest BCUT2D eigenvalue weighted by Gasteiger charge is 2.13. The maximum atomic E-state index is 12.3. The molecule has 1 heterocycles. The highest BCUT2D eigenvalue weighted by Crippen LogP contribution is 2.22. The van der Waals surface area contributed by atoms with Crippen LogP contribution in [0.15, 0.2) is 56.6 Å². The Morgan fingerprint density at radius 2 is 1.63 bits per heavy atom. The van der Waals surface area contributed by atoms with Crippen molar-refractivity contribution in [3.8, 4) is 0 Å². The molecular formula is C13H7ClO4S. The standard InChI is InChI=1S/C13H7ClO4S/c14-19(16,17)8-5-6-12-10(7-8)13(15)9-3-1-2-4-11(9)18-12/h1-7H. The van der Waals surface area contributed by atoms with E-state index in [1.165, 1.54) is 18.2 Å². The van der Waals surface area contributed by atoms with Gasteiger partial charge in [0, 0.05) is 10.7 Å². The zero-order chi connectivity index (χ0) is 13.6. The summed E-state index contributed by atoms with van der Waals surface area (Å²) in [5, 5.41) is 0.597. The fraction of sp³-hybridized carbons (Fsp3) is 0. The molecule has 0 amide bonds. The van der Waals surface area contributed by atoms with E-state index in [-0.39, 0.29) is 15.7 Å². The second-order valence-electron chi connectivity index (χ2n) is 4.02. The van der Waals surface area contributed by atoms with Gasteiger partial charge in [-0.2, -0.15) is 0 Å². The van der Waals surface area contributed by atoms with Gasteiger partial charge < -0.3 is 4.42 Å². The third-order valence-electron chi connectivity index (χ3n) is 2.83. The van der Waals surface area contributed by atoms with Crippen molar-refractivity contribution in [3.05, 3.63) is 52.7 Å². The monoisotopic (exact) mass is 294 g/mol. The maximum Gasteiger partial charge on any atom is 0.261 e. The van der Waals surface area contributed by atoms with Gasteiger partial charge in [0.25, 0.3) is 9.05 Å². The van der Waals surface area contributed by atoms with Crippen molar-refractivity contribution < 1.29 is 12.8 Å². The van der Waals surface area contributed by atoms with Gasteiger partial charge in [-0.15, -0.1) is 0 Å². The third-order valence-corrected chi connectivity index (χ3v) is 4.18. The maximum absolute atomic E-state index is 12.3. The minimum atomic E-state index is -3.87. The molecule has 0 fully saturated rings. The normalized spacial score (nSPS) is 12.1. The predicted molar refractivity (Wildman–Crippen MR) is 73.0 cm³/mol. The average molecular weight is 295 g/mol. The minimum Gasteiger partial charge on any atom is -0.456 e. The molecule has 2 aromatic carbocycles. The molecule has 0 aliphatic heterocycles. The summed E-state index contributed by atoms with van der Waals surface area (Å²) in [5.41, 5.74) is 0.508. The molecule has 1 aromatic heterocycles. The largest absolute Gasteiger partial charge is 0.456 e. The quantitative estimate of drug-likeness (QED) is 0.511. The van der Waals surface area contributed by atoms with Crippen molar-refractivity contribution >= 4 is 41.7 Å². The Balaban J connectivity index is 2.50. The topological polar surface area (TPSA) is 64.3 Å². The van der Waals surface area contributed by atoms with Crippen molar-refractivity contribution in [1.82, 2.24) is 0 Å². The van der Waals surface area contributed by atoms with Crippen LogP contribution >= 0.6 is 10.7 Å². The van der Waals surface area contributed by atoms with Crippen LogP contribution in [0, 0.1) is 0 Å². The highest BCUT2D eigenvalue weighted by molar-refractivity contribution is 8.13. The summed E-state index contributed by atoms with van der Waals surface area (Å²) in [5.74, 6) is 0. The van der Waals surface area contributed by atoms with Crippen molar-refractivity contribution in [2.45, 2.75) is 4.90 Å². The van der Waals surface area contributed by atoms with Gasteiger partial charge in [-0.3, -0.25) is 4.79 Å². The lowest BCUT2D eigenvalue weighted by molar-refractivity contribution is 0.609. The van der Waals surface area contributed by atoms with Crippen LogP contribution in [0.3, 0.4) is 0 Å². The Labute approximate surface area is 112 Å². The van der Waals surface area contributed by atoms with Crippen LogP contribution in [-0.2, 0) is 9.05 Å². The fourth-order valence-electron chi connectivity index (χ4n) is 1.93. The molecule has 3 aromatic rings. The lowest BCUT2D eigenvalue weighted by Crippen LogP contribution is -2.03. The Morgan fingerprint density at radius 1 is 0.947 bits per heavy atom. The van der Waals surface area contributed by atoms with Crippen molar-refractivity contribution in [2.75, 3.05) is 0 Å². The Morgan fingerprint density at radius 3 is 2.37 bits per heavy atom. The third kappa shape index (κ3) is 2.01. The van der Waals surface area contributed by atoms with E-state index in [2.05, 4.69) is 0 Å². The average Bonchev–Trinajstić information content (AvgIpc) is 2.37. The number of rotatable bonds is 1. The zero-order valence-electron chi connectivity index (χ0n) is 9.46. The molecule has 0 saturated carbocycles. The van der Waals surface area contributed by atoms with E-state index in [1.54, 1.807) is 24.3 Å². The molecule has 0 spiro atoms. The molecule has 0 bridgehead atoms. The van der Waals surface area contributed by atoms with Crippen LogP contribution < -0.4 is 5.43 Å². The van der Waals surface area contributed by atoms with E-state index in [0.717, 1.165) is 0 Å². The lowest BCUT2D eigenvalue weighted by Gasteiger charge is -2.02. The van der Waals surface area contributed by atoms with E-state index in [1.807, 2.05) is 0 Å². The SMILES string of the molecule is O=c1c2ccccc2oc2ccc(S(=O)(=O)Cl)cc12. The molecule has 0 aliphatic rings. The van der Waals surface area contributed by atoms with Gasteiger partial charge in [-0.25, -0.2) is 8.42 Å². The summed E-state index contributed by atoms with van der Waals surface area (Å²) in [4.78, 5) is 12.1. The van der Waals surface area contributed by atoms with E-state index in [9.17, 15) is 13.2 Å². The molecule has 19 heavy (non-hydrogen) atoms. The first-order chi connectivity index (χ1) is 8.97. The summed E-state index contributed by atoms with van der Waals surface area (Å²) >= 11 is 0. The van der Waals surface area contributed by atoms with E-state index in [0.29, 0.717) is 16.6 Å². The van der Waals surface area contributed by atoms with Crippen LogP contribution in [0.2, 0.25) is 0 Å². The first-order valence-corrected chi connectivity index (χ1v) is 7.68. The van der Waals surface area contributed by atoms with Crippen molar-refractivity contribution in [2.24, 2.45) is 0 Å². The van der Waals surface area contributed by atoms with Crippen LogP contribution in [0.5, 0.6) is 0 Å². The number of fused-ring (bicyclic) bond motifs is 2. The Kier molecular flexibility index (Phi) is 2.62. The smallest absolute Gasteiger partial charge is 0.261 e. The van der Waals surface area contributed by atoms with Gasteiger partial charge in [0.1, 0.15) is 11.2 Å².